The van der Waals surface area contributed by atoms with E-state index in [1.54, 1.807) is 36.4 Å². The summed E-state index contributed by atoms with van der Waals surface area (Å²) in [6, 6.07) is 9.86. The van der Waals surface area contributed by atoms with Gasteiger partial charge >= 0.3 is 5.97 Å². The third-order valence-electron chi connectivity index (χ3n) is 1.96. The van der Waals surface area contributed by atoms with Gasteiger partial charge in [0.15, 0.2) is 0 Å². The molecule has 16 heavy (non-hydrogen) atoms. The van der Waals surface area contributed by atoms with Crippen LogP contribution in [0.15, 0.2) is 40.8 Å². The number of phenolic OH excluding ortho intramolecular Hbond substituents is 1. The molecule has 0 saturated heterocycles. The first kappa shape index (κ1) is 10.3. The van der Waals surface area contributed by atoms with Crippen molar-refractivity contribution >= 4 is 5.97 Å². The van der Waals surface area contributed by atoms with Crippen molar-refractivity contribution in [2.45, 2.75) is 6.92 Å². The maximum Gasteiger partial charge on any atom is 0.310 e. The summed E-state index contributed by atoms with van der Waals surface area (Å²) < 4.78 is 10.1. The lowest BCUT2D eigenvalue weighted by atomic mass is 10.2. The summed E-state index contributed by atoms with van der Waals surface area (Å²) in [6.45, 7) is 1.30. The van der Waals surface area contributed by atoms with Gasteiger partial charge < -0.3 is 14.3 Å². The first-order valence-electron chi connectivity index (χ1n) is 4.73. The van der Waals surface area contributed by atoms with Crippen LogP contribution in [0.25, 0.3) is 11.3 Å². The van der Waals surface area contributed by atoms with E-state index in [2.05, 4.69) is 0 Å². The van der Waals surface area contributed by atoms with Gasteiger partial charge in [0.2, 0.25) is 0 Å². The van der Waals surface area contributed by atoms with Gasteiger partial charge in [0.1, 0.15) is 11.5 Å². The highest BCUT2D eigenvalue weighted by atomic mass is 16.6. The van der Waals surface area contributed by atoms with Crippen molar-refractivity contribution in [2.24, 2.45) is 0 Å². The van der Waals surface area contributed by atoms with E-state index in [9.17, 15) is 9.90 Å². The standard InChI is InChI=1S/C12H10O4/c1-8(13)15-12-6-5-11(16-12)9-3-2-4-10(14)7-9/h2-7,14H,1H3. The third-order valence-corrected chi connectivity index (χ3v) is 1.96. The molecule has 0 unspecified atom stereocenters. The predicted octanol–water partition coefficient (Wildman–Crippen LogP) is 2.58. The van der Waals surface area contributed by atoms with Crippen LogP contribution < -0.4 is 4.74 Å². The van der Waals surface area contributed by atoms with Crippen LogP contribution in [0.1, 0.15) is 6.92 Å². The van der Waals surface area contributed by atoms with E-state index in [1.165, 1.54) is 6.92 Å². The fourth-order valence-corrected chi connectivity index (χ4v) is 1.33. The number of aromatic hydroxyl groups is 1. The Morgan fingerprint density at radius 3 is 2.81 bits per heavy atom. The predicted molar refractivity (Wildman–Crippen MR) is 57.1 cm³/mol. The molecule has 0 bridgehead atoms. The van der Waals surface area contributed by atoms with Crippen LogP contribution in [-0.2, 0) is 4.79 Å². The minimum absolute atomic E-state index is 0.144. The second kappa shape index (κ2) is 4.10. The fourth-order valence-electron chi connectivity index (χ4n) is 1.33. The number of esters is 1. The molecule has 2 rings (SSSR count). The van der Waals surface area contributed by atoms with Gasteiger partial charge in [0, 0.05) is 18.6 Å². The van der Waals surface area contributed by atoms with Gasteiger partial charge in [-0.05, 0) is 18.2 Å². The number of furan rings is 1. The quantitative estimate of drug-likeness (QED) is 0.787. The van der Waals surface area contributed by atoms with Gasteiger partial charge in [-0.2, -0.15) is 0 Å². The molecule has 2 aromatic rings. The summed E-state index contributed by atoms with van der Waals surface area (Å²) >= 11 is 0. The van der Waals surface area contributed by atoms with Gasteiger partial charge in [-0.3, -0.25) is 4.79 Å². The van der Waals surface area contributed by atoms with Crippen LogP contribution in [0.2, 0.25) is 0 Å². The Labute approximate surface area is 92.1 Å². The van der Waals surface area contributed by atoms with Crippen molar-refractivity contribution in [3.8, 4) is 23.0 Å². The van der Waals surface area contributed by atoms with Crippen molar-refractivity contribution in [3.05, 3.63) is 36.4 Å². The van der Waals surface area contributed by atoms with Crippen molar-refractivity contribution in [3.63, 3.8) is 0 Å². The van der Waals surface area contributed by atoms with Crippen molar-refractivity contribution in [1.82, 2.24) is 0 Å². The summed E-state index contributed by atoms with van der Waals surface area (Å²) in [5.74, 6) is 0.401. The smallest absolute Gasteiger partial charge is 0.310 e. The van der Waals surface area contributed by atoms with Crippen LogP contribution in [0.5, 0.6) is 11.7 Å². The highest BCUT2D eigenvalue weighted by Gasteiger charge is 2.07. The van der Waals surface area contributed by atoms with Gasteiger partial charge in [0.05, 0.1) is 0 Å². The number of benzene rings is 1. The van der Waals surface area contributed by atoms with Crippen LogP contribution in [0.3, 0.4) is 0 Å². The molecule has 1 N–H and O–H groups in total. The van der Waals surface area contributed by atoms with Crippen LogP contribution in [0.4, 0.5) is 0 Å². The van der Waals surface area contributed by atoms with E-state index in [1.807, 2.05) is 0 Å². The Hall–Kier alpha value is -2.23. The molecule has 0 radical (unpaired) electrons. The molecule has 1 aromatic heterocycles. The van der Waals surface area contributed by atoms with E-state index >= 15 is 0 Å². The van der Waals surface area contributed by atoms with E-state index in [0.29, 0.717) is 5.76 Å². The lowest BCUT2D eigenvalue weighted by Crippen LogP contribution is -1.99. The van der Waals surface area contributed by atoms with Crippen LogP contribution in [0, 0.1) is 0 Å². The number of rotatable bonds is 2. The van der Waals surface area contributed by atoms with E-state index < -0.39 is 5.97 Å². The van der Waals surface area contributed by atoms with Crippen molar-refractivity contribution in [2.75, 3.05) is 0 Å². The molecular formula is C12H10O4. The van der Waals surface area contributed by atoms with Gasteiger partial charge in [-0.1, -0.05) is 12.1 Å². The first-order valence-corrected chi connectivity index (χ1v) is 4.73. The van der Waals surface area contributed by atoms with E-state index in [-0.39, 0.29) is 11.7 Å². The Kier molecular flexibility index (Phi) is 2.64. The Morgan fingerprint density at radius 1 is 1.31 bits per heavy atom. The summed E-state index contributed by atoms with van der Waals surface area (Å²) in [5, 5.41) is 9.30. The van der Waals surface area contributed by atoms with Gasteiger partial charge in [-0.25, -0.2) is 0 Å². The molecule has 1 aromatic carbocycles. The first-order chi connectivity index (χ1) is 7.65. The summed E-state index contributed by atoms with van der Waals surface area (Å²) in [4.78, 5) is 10.7. The summed E-state index contributed by atoms with van der Waals surface area (Å²) in [7, 11) is 0. The monoisotopic (exact) mass is 218 g/mol. The average molecular weight is 218 g/mol. The molecular weight excluding hydrogens is 208 g/mol. The molecule has 0 aliphatic heterocycles. The van der Waals surface area contributed by atoms with Gasteiger partial charge in [-0.15, -0.1) is 0 Å². The molecule has 0 fully saturated rings. The number of hydrogen-bond donors (Lipinski definition) is 1. The molecule has 0 amide bonds. The molecule has 82 valence electrons. The Bertz CT molecular complexity index is 513. The van der Waals surface area contributed by atoms with Crippen LogP contribution >= 0.6 is 0 Å². The SMILES string of the molecule is CC(=O)Oc1ccc(-c2cccc(O)c2)o1. The van der Waals surface area contributed by atoms with Gasteiger partial charge in [0.25, 0.3) is 5.95 Å². The second-order valence-electron chi connectivity index (χ2n) is 3.26. The zero-order chi connectivity index (χ0) is 11.5. The highest BCUT2D eigenvalue weighted by molar-refractivity contribution is 5.69. The molecule has 4 heteroatoms. The molecule has 0 spiro atoms. The number of ether oxygens (including phenoxy) is 1. The number of hydrogen-bond acceptors (Lipinski definition) is 4. The number of carbonyl (C=O) groups excluding carboxylic acids is 1. The lowest BCUT2D eigenvalue weighted by Gasteiger charge is -1.98. The number of phenols is 1. The van der Waals surface area contributed by atoms with Crippen LogP contribution in [-0.4, -0.2) is 11.1 Å². The molecule has 0 saturated carbocycles. The third kappa shape index (κ3) is 2.23. The summed E-state index contributed by atoms with van der Waals surface area (Å²) in [5.41, 5.74) is 0.721. The summed E-state index contributed by atoms with van der Waals surface area (Å²) in [6.07, 6.45) is 0. The Morgan fingerprint density at radius 2 is 2.12 bits per heavy atom. The fraction of sp³-hybridized carbons (Fsp3) is 0.0833. The normalized spacial score (nSPS) is 10.1. The molecule has 1 heterocycles. The molecule has 0 aliphatic carbocycles. The maximum absolute atomic E-state index is 10.7. The zero-order valence-electron chi connectivity index (χ0n) is 8.64. The van der Waals surface area contributed by atoms with E-state index in [0.717, 1.165) is 5.56 Å². The van der Waals surface area contributed by atoms with Crippen molar-refractivity contribution in [1.29, 1.82) is 0 Å². The maximum atomic E-state index is 10.7. The topological polar surface area (TPSA) is 59.7 Å². The van der Waals surface area contributed by atoms with E-state index in [4.69, 9.17) is 9.15 Å². The lowest BCUT2D eigenvalue weighted by molar-refractivity contribution is -0.133. The minimum Gasteiger partial charge on any atom is -0.508 e. The average Bonchev–Trinajstić information content (AvgIpc) is 2.65. The molecule has 0 atom stereocenters. The van der Waals surface area contributed by atoms with Crippen molar-refractivity contribution < 1.29 is 19.1 Å². The Balaban J connectivity index is 2.28. The molecule has 4 nitrogen and oxygen atoms in total. The second-order valence-corrected chi connectivity index (χ2v) is 3.26. The number of carbonyl (C=O) groups is 1. The molecule has 0 aliphatic rings. The minimum atomic E-state index is -0.434. The highest BCUT2D eigenvalue weighted by Crippen LogP contribution is 2.28. The zero-order valence-corrected chi connectivity index (χ0v) is 8.64. The largest absolute Gasteiger partial charge is 0.508 e.